The molecule has 0 saturated carbocycles. The van der Waals surface area contributed by atoms with Crippen LogP contribution in [-0.2, 0) is 20.2 Å². The minimum atomic E-state index is -3.60. The Bertz CT molecular complexity index is 976. The zero-order valence-electron chi connectivity index (χ0n) is 17.5. The molecular formula is C22H29N3O3S2. The summed E-state index contributed by atoms with van der Waals surface area (Å²) < 4.78 is 29.1. The van der Waals surface area contributed by atoms with Crippen LogP contribution in [0.2, 0.25) is 0 Å². The van der Waals surface area contributed by atoms with Crippen molar-refractivity contribution in [1.29, 1.82) is 0 Å². The summed E-state index contributed by atoms with van der Waals surface area (Å²) in [6.45, 7) is 2.29. The van der Waals surface area contributed by atoms with Gasteiger partial charge in [0.1, 0.15) is 4.21 Å². The van der Waals surface area contributed by atoms with Gasteiger partial charge < -0.3 is 9.80 Å². The number of hydrogen-bond acceptors (Lipinski definition) is 5. The maximum absolute atomic E-state index is 13.5. The summed E-state index contributed by atoms with van der Waals surface area (Å²) in [5.74, 6) is 0.120. The molecule has 2 fully saturated rings. The van der Waals surface area contributed by atoms with E-state index in [2.05, 4.69) is 17.0 Å². The second kappa shape index (κ2) is 8.42. The largest absolute Gasteiger partial charge is 0.340 e. The second-order valence-electron chi connectivity index (χ2n) is 8.48. The molecule has 0 spiro atoms. The Kier molecular flexibility index (Phi) is 6.03. The van der Waals surface area contributed by atoms with Crippen molar-refractivity contribution in [2.24, 2.45) is 0 Å². The maximum atomic E-state index is 13.5. The van der Waals surface area contributed by atoms with Crippen LogP contribution in [0.15, 0.2) is 52.1 Å². The van der Waals surface area contributed by atoms with E-state index < -0.39 is 10.0 Å². The van der Waals surface area contributed by atoms with Crippen molar-refractivity contribution < 1.29 is 13.2 Å². The van der Waals surface area contributed by atoms with Gasteiger partial charge in [0.05, 0.1) is 6.04 Å². The summed E-state index contributed by atoms with van der Waals surface area (Å²) in [6.07, 6.45) is 1.86. The van der Waals surface area contributed by atoms with E-state index in [9.17, 15) is 13.2 Å². The number of rotatable bonds is 6. The van der Waals surface area contributed by atoms with Crippen molar-refractivity contribution in [2.45, 2.75) is 34.9 Å². The minimum Gasteiger partial charge on any atom is -0.340 e. The van der Waals surface area contributed by atoms with Crippen molar-refractivity contribution in [3.8, 4) is 0 Å². The Morgan fingerprint density at radius 1 is 1.13 bits per heavy atom. The first-order valence-corrected chi connectivity index (χ1v) is 12.7. The normalized spacial score (nSPS) is 25.5. The molecule has 8 heteroatoms. The lowest BCUT2D eigenvalue weighted by Crippen LogP contribution is -2.51. The molecule has 2 atom stereocenters. The van der Waals surface area contributed by atoms with Gasteiger partial charge in [-0.1, -0.05) is 36.4 Å². The molecular weight excluding hydrogens is 418 g/mol. The van der Waals surface area contributed by atoms with E-state index in [1.54, 1.807) is 21.8 Å². The summed E-state index contributed by atoms with van der Waals surface area (Å²) in [6, 6.07) is 13.4. The Labute approximate surface area is 183 Å². The Morgan fingerprint density at radius 3 is 2.57 bits per heavy atom. The number of carbonyl (C=O) groups is 1. The highest BCUT2D eigenvalue weighted by Gasteiger charge is 2.54. The van der Waals surface area contributed by atoms with E-state index in [4.69, 9.17) is 0 Å². The third kappa shape index (κ3) is 3.82. The summed E-state index contributed by atoms with van der Waals surface area (Å²) in [4.78, 5) is 16.9. The number of carbonyl (C=O) groups excluding carboxylic acids is 1. The van der Waals surface area contributed by atoms with Crippen molar-refractivity contribution in [3.05, 3.63) is 53.4 Å². The molecule has 2 aromatic rings. The van der Waals surface area contributed by atoms with Gasteiger partial charge >= 0.3 is 0 Å². The topological polar surface area (TPSA) is 60.9 Å². The van der Waals surface area contributed by atoms with E-state index >= 15 is 0 Å². The number of likely N-dealkylation sites (N-methyl/N-ethyl adjacent to an activating group) is 1. The Balaban J connectivity index is 1.76. The summed E-state index contributed by atoms with van der Waals surface area (Å²) in [5, 5.41) is 1.80. The molecule has 6 nitrogen and oxygen atoms in total. The highest BCUT2D eigenvalue weighted by molar-refractivity contribution is 7.91. The average molecular weight is 448 g/mol. The monoisotopic (exact) mass is 447 g/mol. The standard InChI is InChI=1S/C22H29N3O3S2/c1-23(2)14-15-24-17-19-22(11-10-20(24)26,18-7-4-3-5-8-18)12-13-25(19)30(27,28)21-9-6-16-29-21/h3-9,16,19H,10-15,17H2,1-2H3/t19-,22-/m1/s1. The predicted octanol–water partition coefficient (Wildman–Crippen LogP) is 2.63. The number of benzene rings is 1. The molecule has 0 unspecified atom stereocenters. The fraction of sp³-hybridized carbons (Fsp3) is 0.500. The van der Waals surface area contributed by atoms with Crippen molar-refractivity contribution in [3.63, 3.8) is 0 Å². The Hall–Kier alpha value is -1.74. The zero-order valence-corrected chi connectivity index (χ0v) is 19.2. The van der Waals surface area contributed by atoms with Crippen molar-refractivity contribution in [1.82, 2.24) is 14.1 Å². The third-order valence-electron chi connectivity index (χ3n) is 6.52. The maximum Gasteiger partial charge on any atom is 0.252 e. The van der Waals surface area contributed by atoms with Crippen LogP contribution in [0.25, 0.3) is 0 Å². The Morgan fingerprint density at radius 2 is 1.90 bits per heavy atom. The van der Waals surface area contributed by atoms with E-state index in [1.807, 2.05) is 37.2 Å². The van der Waals surface area contributed by atoms with Crippen LogP contribution >= 0.6 is 11.3 Å². The summed E-state index contributed by atoms with van der Waals surface area (Å²) in [5.41, 5.74) is 0.801. The number of hydrogen-bond donors (Lipinski definition) is 0. The van der Waals surface area contributed by atoms with Gasteiger partial charge in [-0.05, 0) is 43.9 Å². The number of thiophene rings is 1. The van der Waals surface area contributed by atoms with Crippen LogP contribution in [0.4, 0.5) is 0 Å². The SMILES string of the molecule is CN(C)CCN1C[C@H]2N(S(=O)(=O)c3cccs3)CC[C@@]2(c2ccccc2)CCC1=O. The molecule has 2 aliphatic rings. The van der Waals surface area contributed by atoms with Gasteiger partial charge in [0.25, 0.3) is 10.0 Å². The van der Waals surface area contributed by atoms with Gasteiger partial charge in [0.15, 0.2) is 0 Å². The predicted molar refractivity (Wildman–Crippen MR) is 119 cm³/mol. The molecule has 0 aliphatic carbocycles. The molecule has 4 rings (SSSR count). The fourth-order valence-electron chi connectivity index (χ4n) is 4.87. The number of sulfonamides is 1. The van der Waals surface area contributed by atoms with Gasteiger partial charge in [-0.2, -0.15) is 4.31 Å². The molecule has 30 heavy (non-hydrogen) atoms. The summed E-state index contributed by atoms with van der Waals surface area (Å²) in [7, 11) is 0.375. The molecule has 1 aromatic carbocycles. The van der Waals surface area contributed by atoms with E-state index in [-0.39, 0.29) is 17.4 Å². The van der Waals surface area contributed by atoms with Crippen LogP contribution in [-0.4, -0.2) is 74.7 Å². The summed E-state index contributed by atoms with van der Waals surface area (Å²) >= 11 is 1.25. The first-order valence-electron chi connectivity index (χ1n) is 10.4. The quantitative estimate of drug-likeness (QED) is 0.683. The first-order chi connectivity index (χ1) is 14.3. The van der Waals surface area contributed by atoms with E-state index in [0.717, 1.165) is 18.5 Å². The lowest BCUT2D eigenvalue weighted by atomic mass is 9.71. The molecule has 3 heterocycles. The number of fused-ring (bicyclic) bond motifs is 1. The van der Waals surface area contributed by atoms with Crippen molar-refractivity contribution >= 4 is 27.3 Å². The molecule has 0 radical (unpaired) electrons. The number of amides is 1. The average Bonchev–Trinajstić information content (AvgIpc) is 3.37. The van der Waals surface area contributed by atoms with Crippen LogP contribution in [0.3, 0.4) is 0 Å². The minimum absolute atomic E-state index is 0.120. The van der Waals surface area contributed by atoms with Crippen LogP contribution in [0, 0.1) is 0 Å². The van der Waals surface area contributed by atoms with E-state index in [0.29, 0.717) is 36.7 Å². The molecule has 0 N–H and O–H groups in total. The second-order valence-corrected chi connectivity index (χ2v) is 11.5. The van der Waals surface area contributed by atoms with Crippen LogP contribution in [0.1, 0.15) is 24.8 Å². The van der Waals surface area contributed by atoms with Gasteiger partial charge in [0.2, 0.25) is 5.91 Å². The van der Waals surface area contributed by atoms with E-state index in [1.165, 1.54) is 11.3 Å². The van der Waals surface area contributed by atoms with Gasteiger partial charge in [-0.15, -0.1) is 11.3 Å². The van der Waals surface area contributed by atoms with Gasteiger partial charge in [0, 0.05) is 38.0 Å². The zero-order chi connectivity index (χ0) is 21.4. The van der Waals surface area contributed by atoms with Crippen LogP contribution < -0.4 is 0 Å². The molecule has 1 amide bonds. The molecule has 1 aromatic heterocycles. The molecule has 0 bridgehead atoms. The molecule has 162 valence electrons. The lowest BCUT2D eigenvalue weighted by Gasteiger charge is -2.38. The highest BCUT2D eigenvalue weighted by Crippen LogP contribution is 2.47. The van der Waals surface area contributed by atoms with Gasteiger partial charge in [-0.3, -0.25) is 4.79 Å². The molecule has 2 aliphatic heterocycles. The fourth-order valence-corrected chi connectivity index (χ4v) is 7.67. The number of nitrogens with zero attached hydrogens (tertiary/aromatic N) is 3. The smallest absolute Gasteiger partial charge is 0.252 e. The first kappa shape index (κ1) is 21.5. The number of likely N-dealkylation sites (tertiary alicyclic amines) is 1. The van der Waals surface area contributed by atoms with Crippen LogP contribution in [0.5, 0.6) is 0 Å². The lowest BCUT2D eigenvalue weighted by molar-refractivity contribution is -0.131. The molecule has 2 saturated heterocycles. The van der Waals surface area contributed by atoms with Crippen molar-refractivity contribution in [2.75, 3.05) is 40.3 Å². The van der Waals surface area contributed by atoms with Gasteiger partial charge in [-0.25, -0.2) is 8.42 Å². The highest BCUT2D eigenvalue weighted by atomic mass is 32.2. The third-order valence-corrected chi connectivity index (χ3v) is 9.80.